The molecule has 4 aromatic rings. The van der Waals surface area contributed by atoms with Gasteiger partial charge >= 0.3 is 0 Å². The molecule has 3 N–H and O–H groups in total. The molecule has 0 amide bonds. The highest BCUT2D eigenvalue weighted by Crippen LogP contribution is 2.44. The Hall–Kier alpha value is -3.13. The van der Waals surface area contributed by atoms with Gasteiger partial charge in [0.25, 0.3) is 0 Å². The van der Waals surface area contributed by atoms with Gasteiger partial charge in [0.15, 0.2) is 0 Å². The maximum absolute atomic E-state index is 13.5. The number of thiophene rings is 1. The van der Waals surface area contributed by atoms with E-state index in [1.807, 2.05) is 31.2 Å². The Bertz CT molecular complexity index is 1410. The van der Waals surface area contributed by atoms with Crippen LogP contribution in [0.5, 0.6) is 0 Å². The van der Waals surface area contributed by atoms with Gasteiger partial charge < -0.3 is 11.1 Å². The minimum absolute atomic E-state index is 0.0912. The molecule has 8 heteroatoms. The number of anilines is 3. The molecule has 1 heterocycles. The third-order valence-corrected chi connectivity index (χ3v) is 8.26. The number of sulfone groups is 1. The SMILES string of the molecule is Cc1cccc(Nc2sc(C(=O)c3ccccc3Cl)c(N)c2S(=O)(=O)c2ccccc2)c1. The van der Waals surface area contributed by atoms with Crippen LogP contribution in [0.1, 0.15) is 20.8 Å². The number of rotatable bonds is 6. The van der Waals surface area contributed by atoms with Crippen molar-refractivity contribution in [3.63, 3.8) is 0 Å². The second-order valence-electron chi connectivity index (χ2n) is 7.12. The number of halogens is 1. The van der Waals surface area contributed by atoms with Crippen LogP contribution in [-0.4, -0.2) is 14.2 Å². The van der Waals surface area contributed by atoms with E-state index < -0.39 is 15.6 Å². The van der Waals surface area contributed by atoms with Crippen LogP contribution in [0.3, 0.4) is 0 Å². The third kappa shape index (κ3) is 4.14. The first-order valence-corrected chi connectivity index (χ1v) is 12.3. The van der Waals surface area contributed by atoms with Gasteiger partial charge in [0, 0.05) is 11.3 Å². The highest BCUT2D eigenvalue weighted by molar-refractivity contribution is 7.92. The molecule has 32 heavy (non-hydrogen) atoms. The average Bonchev–Trinajstić information content (AvgIpc) is 3.10. The summed E-state index contributed by atoms with van der Waals surface area (Å²) >= 11 is 7.21. The summed E-state index contributed by atoms with van der Waals surface area (Å²) in [5, 5.41) is 3.69. The lowest BCUT2D eigenvalue weighted by molar-refractivity contribution is 0.104. The number of carbonyl (C=O) groups is 1. The summed E-state index contributed by atoms with van der Waals surface area (Å²) in [4.78, 5) is 13.3. The summed E-state index contributed by atoms with van der Waals surface area (Å²) in [6.07, 6.45) is 0. The number of hydrogen-bond donors (Lipinski definition) is 2. The topological polar surface area (TPSA) is 89.3 Å². The molecule has 0 aliphatic rings. The quantitative estimate of drug-likeness (QED) is 0.324. The molecule has 162 valence electrons. The van der Waals surface area contributed by atoms with Crippen LogP contribution in [0.25, 0.3) is 0 Å². The zero-order chi connectivity index (χ0) is 22.9. The molecule has 5 nitrogen and oxygen atoms in total. The fourth-order valence-corrected chi connectivity index (χ4v) is 6.45. The Morgan fingerprint density at radius 2 is 1.66 bits per heavy atom. The van der Waals surface area contributed by atoms with Crippen LogP contribution in [0.4, 0.5) is 16.4 Å². The normalized spacial score (nSPS) is 11.3. The van der Waals surface area contributed by atoms with E-state index in [-0.39, 0.29) is 35.9 Å². The van der Waals surface area contributed by atoms with Crippen LogP contribution in [-0.2, 0) is 9.84 Å². The molecule has 0 radical (unpaired) electrons. The van der Waals surface area contributed by atoms with Crippen molar-refractivity contribution in [3.05, 3.63) is 99.9 Å². The number of hydrogen-bond acceptors (Lipinski definition) is 6. The van der Waals surface area contributed by atoms with Gasteiger partial charge in [-0.15, -0.1) is 11.3 Å². The van der Waals surface area contributed by atoms with Crippen molar-refractivity contribution in [2.24, 2.45) is 0 Å². The number of carbonyl (C=O) groups excluding carboxylic acids is 1. The molecule has 0 spiro atoms. The molecule has 0 aliphatic carbocycles. The molecule has 4 rings (SSSR count). The average molecular weight is 483 g/mol. The Kier molecular flexibility index (Phi) is 6.06. The Morgan fingerprint density at radius 1 is 0.969 bits per heavy atom. The maximum atomic E-state index is 13.5. The van der Waals surface area contributed by atoms with Crippen molar-refractivity contribution in [2.45, 2.75) is 16.7 Å². The van der Waals surface area contributed by atoms with Crippen molar-refractivity contribution in [3.8, 4) is 0 Å². The van der Waals surface area contributed by atoms with E-state index in [1.54, 1.807) is 42.5 Å². The fourth-order valence-electron chi connectivity index (χ4n) is 3.29. The van der Waals surface area contributed by atoms with E-state index in [0.29, 0.717) is 5.69 Å². The van der Waals surface area contributed by atoms with E-state index in [4.69, 9.17) is 17.3 Å². The zero-order valence-corrected chi connectivity index (χ0v) is 19.4. The number of benzene rings is 3. The Balaban J connectivity index is 1.91. The summed E-state index contributed by atoms with van der Waals surface area (Å²) in [6, 6.07) is 22.1. The van der Waals surface area contributed by atoms with E-state index in [9.17, 15) is 13.2 Å². The predicted octanol–water partition coefficient (Wildman–Crippen LogP) is 6.10. The number of ketones is 1. The third-order valence-electron chi connectivity index (χ3n) is 4.82. The van der Waals surface area contributed by atoms with E-state index in [1.165, 1.54) is 12.1 Å². The lowest BCUT2D eigenvalue weighted by Gasteiger charge is -2.10. The Morgan fingerprint density at radius 3 is 2.34 bits per heavy atom. The molecule has 0 aliphatic heterocycles. The van der Waals surface area contributed by atoms with Crippen molar-refractivity contribution in [2.75, 3.05) is 11.1 Å². The first-order chi connectivity index (χ1) is 15.3. The van der Waals surface area contributed by atoms with Gasteiger partial charge in [-0.3, -0.25) is 4.79 Å². The predicted molar refractivity (Wildman–Crippen MR) is 130 cm³/mol. The molecule has 0 bridgehead atoms. The van der Waals surface area contributed by atoms with Crippen LogP contribution >= 0.6 is 22.9 Å². The minimum Gasteiger partial charge on any atom is -0.396 e. The number of nitrogens with two attached hydrogens (primary N) is 1. The summed E-state index contributed by atoms with van der Waals surface area (Å²) in [5.41, 5.74) is 8.17. The first kappa shape index (κ1) is 22.1. The lowest BCUT2D eigenvalue weighted by atomic mass is 10.1. The summed E-state index contributed by atoms with van der Waals surface area (Å²) in [7, 11) is -4.00. The van der Waals surface area contributed by atoms with Gasteiger partial charge in [-0.25, -0.2) is 8.42 Å². The number of nitrogen functional groups attached to an aromatic ring is 1. The standard InChI is InChI=1S/C24H19ClN2O3S2/c1-15-8-7-9-16(14-15)27-24-23(32(29,30)17-10-3-2-4-11-17)20(26)22(31-24)21(28)18-12-5-6-13-19(18)25/h2-14,27H,26H2,1H3. The lowest BCUT2D eigenvalue weighted by Crippen LogP contribution is -2.08. The molecule has 3 aromatic carbocycles. The second-order valence-corrected chi connectivity index (χ2v) is 10.4. The van der Waals surface area contributed by atoms with Gasteiger partial charge in [-0.1, -0.05) is 54.1 Å². The molecular formula is C24H19ClN2O3S2. The van der Waals surface area contributed by atoms with Crippen LogP contribution < -0.4 is 11.1 Å². The van der Waals surface area contributed by atoms with Crippen molar-refractivity contribution in [1.29, 1.82) is 0 Å². The number of nitrogens with one attached hydrogen (secondary N) is 1. The summed E-state index contributed by atoms with van der Waals surface area (Å²) in [6.45, 7) is 1.93. The van der Waals surface area contributed by atoms with Crippen molar-refractivity contribution in [1.82, 2.24) is 0 Å². The molecule has 0 unspecified atom stereocenters. The van der Waals surface area contributed by atoms with Crippen molar-refractivity contribution < 1.29 is 13.2 Å². The van der Waals surface area contributed by atoms with E-state index in [2.05, 4.69) is 5.32 Å². The van der Waals surface area contributed by atoms with E-state index in [0.717, 1.165) is 16.9 Å². The first-order valence-electron chi connectivity index (χ1n) is 9.64. The van der Waals surface area contributed by atoms with Crippen LogP contribution in [0.2, 0.25) is 5.02 Å². The van der Waals surface area contributed by atoms with Gasteiger partial charge in [0.2, 0.25) is 15.6 Å². The fraction of sp³-hybridized carbons (Fsp3) is 0.0417. The second kappa shape index (κ2) is 8.78. The summed E-state index contributed by atoms with van der Waals surface area (Å²) < 4.78 is 27.0. The molecule has 0 atom stereocenters. The molecule has 0 fully saturated rings. The molecule has 1 aromatic heterocycles. The zero-order valence-electron chi connectivity index (χ0n) is 17.0. The molecular weight excluding hydrogens is 464 g/mol. The minimum atomic E-state index is -4.00. The van der Waals surface area contributed by atoms with Gasteiger partial charge in [-0.2, -0.15) is 0 Å². The van der Waals surface area contributed by atoms with Crippen LogP contribution in [0.15, 0.2) is 88.7 Å². The monoisotopic (exact) mass is 482 g/mol. The maximum Gasteiger partial charge on any atom is 0.211 e. The van der Waals surface area contributed by atoms with Gasteiger partial charge in [0.05, 0.1) is 15.6 Å². The Labute approximate surface area is 195 Å². The summed E-state index contributed by atoms with van der Waals surface area (Å²) in [5.74, 6) is -0.431. The highest BCUT2D eigenvalue weighted by atomic mass is 35.5. The van der Waals surface area contributed by atoms with Crippen LogP contribution in [0, 0.1) is 6.92 Å². The number of aryl methyl sites for hydroxylation is 1. The molecule has 0 saturated carbocycles. The molecule has 0 saturated heterocycles. The van der Waals surface area contributed by atoms with Gasteiger partial charge in [0.1, 0.15) is 14.8 Å². The largest absolute Gasteiger partial charge is 0.396 e. The van der Waals surface area contributed by atoms with Gasteiger partial charge in [-0.05, 0) is 48.9 Å². The van der Waals surface area contributed by atoms with E-state index >= 15 is 0 Å². The van der Waals surface area contributed by atoms with Crippen molar-refractivity contribution >= 4 is 54.9 Å². The smallest absolute Gasteiger partial charge is 0.211 e. The highest BCUT2D eigenvalue weighted by Gasteiger charge is 2.32.